The highest BCUT2D eigenvalue weighted by Gasteiger charge is 2.30. The first-order chi connectivity index (χ1) is 13.6. The quantitative estimate of drug-likeness (QED) is 0.458. The first kappa shape index (κ1) is 23.2. The average Bonchev–Trinajstić information content (AvgIpc) is 2.64. The highest BCUT2D eigenvalue weighted by atomic mass is 35.5. The van der Waals surface area contributed by atoms with E-state index >= 15 is 0 Å². The summed E-state index contributed by atoms with van der Waals surface area (Å²) < 4.78 is 5.32. The fraction of sp³-hybridized carbons (Fsp3) is 0.286. The van der Waals surface area contributed by atoms with Gasteiger partial charge in [0.25, 0.3) is 5.91 Å². The van der Waals surface area contributed by atoms with E-state index in [0.717, 1.165) is 0 Å². The Morgan fingerprint density at radius 2 is 1.59 bits per heavy atom. The number of amides is 1. The molecule has 29 heavy (non-hydrogen) atoms. The van der Waals surface area contributed by atoms with Crippen LogP contribution in [0.5, 0.6) is 0 Å². The van der Waals surface area contributed by atoms with Crippen molar-refractivity contribution in [3.63, 3.8) is 0 Å². The van der Waals surface area contributed by atoms with Crippen LogP contribution in [0, 0.1) is 5.92 Å². The van der Waals surface area contributed by atoms with Gasteiger partial charge in [-0.1, -0.05) is 60.8 Å². The molecule has 1 N–H and O–H groups in total. The molecule has 0 aliphatic heterocycles. The second-order valence-electron chi connectivity index (χ2n) is 6.77. The number of rotatable bonds is 7. The summed E-state index contributed by atoms with van der Waals surface area (Å²) >= 11 is 17.8. The summed E-state index contributed by atoms with van der Waals surface area (Å²) in [4.78, 5) is 37.7. The zero-order valence-electron chi connectivity index (χ0n) is 16.0. The SMILES string of the molecule is CC(OC(=O)[C@@H](NC(=O)c1ccc(Cl)cc1Cl)C(C)C)C(=O)c1cccc(Cl)c1. The van der Waals surface area contributed by atoms with Crippen molar-refractivity contribution in [2.45, 2.75) is 32.9 Å². The Labute approximate surface area is 184 Å². The standard InChI is InChI=1S/C21H20Cl3NO4/c1-11(2)18(25-20(27)16-8-7-15(23)10-17(16)24)21(28)29-12(3)19(26)13-5-4-6-14(22)9-13/h4-12,18H,1-3H3,(H,25,27)/t12?,18-/m0/s1. The molecular formula is C21H20Cl3NO4. The molecule has 0 saturated carbocycles. The lowest BCUT2D eigenvalue weighted by atomic mass is 10.0. The van der Waals surface area contributed by atoms with Gasteiger partial charge >= 0.3 is 5.97 Å². The van der Waals surface area contributed by atoms with Crippen molar-refractivity contribution in [3.05, 3.63) is 68.7 Å². The molecule has 0 aromatic heterocycles. The average molecular weight is 457 g/mol. The van der Waals surface area contributed by atoms with E-state index in [-0.39, 0.29) is 16.5 Å². The van der Waals surface area contributed by atoms with Gasteiger partial charge in [0.05, 0.1) is 10.6 Å². The Morgan fingerprint density at radius 1 is 0.931 bits per heavy atom. The van der Waals surface area contributed by atoms with Gasteiger partial charge in [0, 0.05) is 15.6 Å². The molecule has 2 aromatic carbocycles. The van der Waals surface area contributed by atoms with Gasteiger partial charge in [-0.05, 0) is 43.2 Å². The summed E-state index contributed by atoms with van der Waals surface area (Å²) in [6, 6.07) is 9.82. The van der Waals surface area contributed by atoms with Crippen LogP contribution >= 0.6 is 34.8 Å². The number of hydrogen-bond acceptors (Lipinski definition) is 4. The van der Waals surface area contributed by atoms with Crippen molar-refractivity contribution in [1.82, 2.24) is 5.32 Å². The summed E-state index contributed by atoms with van der Waals surface area (Å²) in [5, 5.41) is 3.57. The first-order valence-corrected chi connectivity index (χ1v) is 9.99. The van der Waals surface area contributed by atoms with Gasteiger partial charge in [-0.25, -0.2) is 4.79 Å². The van der Waals surface area contributed by atoms with E-state index in [1.165, 1.54) is 31.2 Å². The normalized spacial score (nSPS) is 12.9. The highest BCUT2D eigenvalue weighted by Crippen LogP contribution is 2.21. The molecule has 2 aromatic rings. The summed E-state index contributed by atoms with van der Waals surface area (Å²) in [5.74, 6) is -1.95. The molecular weight excluding hydrogens is 437 g/mol. The number of esters is 1. The Hall–Kier alpha value is -2.08. The maximum Gasteiger partial charge on any atom is 0.329 e. The topological polar surface area (TPSA) is 72.5 Å². The molecule has 5 nitrogen and oxygen atoms in total. The Kier molecular flexibility index (Phi) is 8.08. The van der Waals surface area contributed by atoms with Crippen LogP contribution in [0.4, 0.5) is 0 Å². The first-order valence-electron chi connectivity index (χ1n) is 8.86. The largest absolute Gasteiger partial charge is 0.453 e. The van der Waals surface area contributed by atoms with Crippen LogP contribution in [-0.4, -0.2) is 29.8 Å². The fourth-order valence-corrected chi connectivity index (χ4v) is 3.25. The Morgan fingerprint density at radius 3 is 2.17 bits per heavy atom. The van der Waals surface area contributed by atoms with Crippen LogP contribution in [0.2, 0.25) is 15.1 Å². The number of carbonyl (C=O) groups is 3. The molecule has 2 rings (SSSR count). The van der Waals surface area contributed by atoms with E-state index < -0.39 is 29.8 Å². The molecule has 0 heterocycles. The molecule has 1 amide bonds. The third-order valence-corrected chi connectivity index (χ3v) is 4.94. The van der Waals surface area contributed by atoms with Gasteiger partial charge in [0.1, 0.15) is 6.04 Å². The third kappa shape index (κ3) is 6.20. The second kappa shape index (κ2) is 10.1. The lowest BCUT2D eigenvalue weighted by molar-refractivity contribution is -0.149. The van der Waals surface area contributed by atoms with Crippen molar-refractivity contribution >= 4 is 52.5 Å². The molecule has 1 unspecified atom stereocenters. The minimum atomic E-state index is -1.04. The summed E-state index contributed by atoms with van der Waals surface area (Å²) in [6.07, 6.45) is -1.04. The van der Waals surface area contributed by atoms with E-state index in [2.05, 4.69) is 5.32 Å². The van der Waals surface area contributed by atoms with E-state index in [0.29, 0.717) is 15.6 Å². The van der Waals surface area contributed by atoms with E-state index in [4.69, 9.17) is 39.5 Å². The minimum Gasteiger partial charge on any atom is -0.453 e. The summed E-state index contributed by atoms with van der Waals surface area (Å²) in [6.45, 7) is 4.97. The molecule has 0 bridgehead atoms. The Bertz CT molecular complexity index is 930. The van der Waals surface area contributed by atoms with Crippen LogP contribution in [0.1, 0.15) is 41.5 Å². The molecule has 8 heteroatoms. The molecule has 0 saturated heterocycles. The van der Waals surface area contributed by atoms with Crippen LogP contribution < -0.4 is 5.32 Å². The van der Waals surface area contributed by atoms with Crippen LogP contribution in [0.15, 0.2) is 42.5 Å². The number of ether oxygens (including phenoxy) is 1. The van der Waals surface area contributed by atoms with Gasteiger partial charge in [0.15, 0.2) is 6.10 Å². The number of benzene rings is 2. The maximum absolute atomic E-state index is 12.6. The third-order valence-electron chi connectivity index (χ3n) is 4.15. The Balaban J connectivity index is 2.10. The van der Waals surface area contributed by atoms with Crippen LogP contribution in [0.25, 0.3) is 0 Å². The van der Waals surface area contributed by atoms with Crippen molar-refractivity contribution < 1.29 is 19.1 Å². The molecule has 0 aliphatic rings. The van der Waals surface area contributed by atoms with Crippen molar-refractivity contribution in [2.24, 2.45) is 5.92 Å². The number of halogens is 3. The molecule has 2 atom stereocenters. The van der Waals surface area contributed by atoms with Gasteiger partial charge in [0.2, 0.25) is 5.78 Å². The number of nitrogens with one attached hydrogen (secondary N) is 1. The number of Topliss-reactive ketones (excluding diaryl/α,β-unsaturated/α-hetero) is 1. The van der Waals surface area contributed by atoms with Crippen molar-refractivity contribution in [2.75, 3.05) is 0 Å². The monoisotopic (exact) mass is 455 g/mol. The van der Waals surface area contributed by atoms with E-state index in [9.17, 15) is 14.4 Å². The zero-order valence-corrected chi connectivity index (χ0v) is 18.3. The molecule has 0 spiro atoms. The molecule has 154 valence electrons. The summed E-state index contributed by atoms with van der Waals surface area (Å²) in [7, 11) is 0. The van der Waals surface area contributed by atoms with Crippen molar-refractivity contribution in [1.29, 1.82) is 0 Å². The number of carbonyl (C=O) groups excluding carboxylic acids is 3. The van der Waals surface area contributed by atoms with Gasteiger partial charge in [-0.3, -0.25) is 9.59 Å². The summed E-state index contributed by atoms with van der Waals surface area (Å²) in [5.41, 5.74) is 0.508. The van der Waals surface area contributed by atoms with E-state index in [1.807, 2.05) is 0 Å². The highest BCUT2D eigenvalue weighted by molar-refractivity contribution is 6.36. The molecule has 0 radical (unpaired) electrons. The number of hydrogen-bond donors (Lipinski definition) is 1. The van der Waals surface area contributed by atoms with Gasteiger partial charge in [-0.2, -0.15) is 0 Å². The van der Waals surface area contributed by atoms with Crippen LogP contribution in [0.3, 0.4) is 0 Å². The van der Waals surface area contributed by atoms with Gasteiger partial charge in [-0.15, -0.1) is 0 Å². The fourth-order valence-electron chi connectivity index (χ4n) is 2.57. The lowest BCUT2D eigenvalue weighted by Gasteiger charge is -2.23. The lowest BCUT2D eigenvalue weighted by Crippen LogP contribution is -2.46. The van der Waals surface area contributed by atoms with Crippen molar-refractivity contribution in [3.8, 4) is 0 Å². The number of ketones is 1. The second-order valence-corrected chi connectivity index (χ2v) is 8.05. The molecule has 0 fully saturated rings. The van der Waals surface area contributed by atoms with Gasteiger partial charge < -0.3 is 10.1 Å². The van der Waals surface area contributed by atoms with E-state index in [1.54, 1.807) is 32.0 Å². The smallest absolute Gasteiger partial charge is 0.329 e. The maximum atomic E-state index is 12.6. The zero-order chi connectivity index (χ0) is 21.7. The predicted molar refractivity (Wildman–Crippen MR) is 114 cm³/mol. The predicted octanol–water partition coefficient (Wildman–Crippen LogP) is 5.22. The molecule has 0 aliphatic carbocycles. The minimum absolute atomic E-state index is 0.162. The van der Waals surface area contributed by atoms with Crippen LogP contribution in [-0.2, 0) is 9.53 Å².